The van der Waals surface area contributed by atoms with Crippen molar-refractivity contribution in [2.24, 2.45) is 0 Å². The summed E-state index contributed by atoms with van der Waals surface area (Å²) >= 11 is 6.09. The highest BCUT2D eigenvalue weighted by Crippen LogP contribution is 2.36. The highest BCUT2D eigenvalue weighted by molar-refractivity contribution is 6.33. The largest absolute Gasteiger partial charge is 0.507 e. The number of methoxy groups -OCH3 is 1. The SMILES string of the molecule is COc1ccc(Cl)c(-c2ccccc2O)c1. The molecule has 2 nitrogen and oxygen atoms in total. The first-order chi connectivity index (χ1) is 7.72. The summed E-state index contributed by atoms with van der Waals surface area (Å²) in [6.07, 6.45) is 0. The molecule has 0 bridgehead atoms. The van der Waals surface area contributed by atoms with Crippen molar-refractivity contribution in [2.75, 3.05) is 7.11 Å². The van der Waals surface area contributed by atoms with E-state index in [9.17, 15) is 5.11 Å². The van der Waals surface area contributed by atoms with Crippen LogP contribution in [0, 0.1) is 0 Å². The second-order valence-electron chi connectivity index (χ2n) is 3.36. The lowest BCUT2D eigenvalue weighted by Crippen LogP contribution is -1.85. The van der Waals surface area contributed by atoms with E-state index >= 15 is 0 Å². The Morgan fingerprint density at radius 3 is 2.50 bits per heavy atom. The number of benzene rings is 2. The number of rotatable bonds is 2. The molecule has 82 valence electrons. The highest BCUT2D eigenvalue weighted by atomic mass is 35.5. The van der Waals surface area contributed by atoms with E-state index in [4.69, 9.17) is 16.3 Å². The number of para-hydroxylation sites is 1. The molecule has 0 unspecified atom stereocenters. The maximum absolute atomic E-state index is 9.75. The van der Waals surface area contributed by atoms with Crippen molar-refractivity contribution < 1.29 is 9.84 Å². The van der Waals surface area contributed by atoms with Gasteiger partial charge in [-0.3, -0.25) is 0 Å². The number of phenolic OH excluding ortho intramolecular Hbond substituents is 1. The predicted molar refractivity (Wildman–Crippen MR) is 65.1 cm³/mol. The molecule has 0 atom stereocenters. The van der Waals surface area contributed by atoms with E-state index in [-0.39, 0.29) is 5.75 Å². The minimum absolute atomic E-state index is 0.206. The number of ether oxygens (including phenoxy) is 1. The van der Waals surface area contributed by atoms with Gasteiger partial charge >= 0.3 is 0 Å². The molecule has 2 aromatic rings. The van der Waals surface area contributed by atoms with E-state index in [1.807, 2.05) is 12.1 Å². The average molecular weight is 235 g/mol. The van der Waals surface area contributed by atoms with Crippen LogP contribution in [0.4, 0.5) is 0 Å². The van der Waals surface area contributed by atoms with Crippen molar-refractivity contribution in [3.8, 4) is 22.6 Å². The molecule has 0 fully saturated rings. The van der Waals surface area contributed by atoms with Crippen LogP contribution in [-0.2, 0) is 0 Å². The molecule has 2 aromatic carbocycles. The first-order valence-corrected chi connectivity index (χ1v) is 5.22. The summed E-state index contributed by atoms with van der Waals surface area (Å²) in [6, 6.07) is 12.4. The Hall–Kier alpha value is -1.67. The van der Waals surface area contributed by atoms with Gasteiger partial charge in [0.05, 0.1) is 7.11 Å². The lowest BCUT2D eigenvalue weighted by molar-refractivity contribution is 0.415. The Morgan fingerprint density at radius 1 is 1.06 bits per heavy atom. The number of hydrogen-bond acceptors (Lipinski definition) is 2. The van der Waals surface area contributed by atoms with Crippen LogP contribution in [0.2, 0.25) is 5.02 Å². The standard InChI is InChI=1S/C13H11ClO2/c1-16-9-6-7-12(14)11(8-9)10-4-2-3-5-13(10)15/h2-8,15H,1H3. The molecule has 0 aliphatic carbocycles. The smallest absolute Gasteiger partial charge is 0.123 e. The summed E-state index contributed by atoms with van der Waals surface area (Å²) < 4.78 is 5.13. The third kappa shape index (κ3) is 1.97. The van der Waals surface area contributed by atoms with Gasteiger partial charge in [0.25, 0.3) is 0 Å². The predicted octanol–water partition coefficient (Wildman–Crippen LogP) is 3.72. The van der Waals surface area contributed by atoms with Crippen LogP contribution in [0.1, 0.15) is 0 Å². The minimum atomic E-state index is 0.206. The summed E-state index contributed by atoms with van der Waals surface area (Å²) in [5.41, 5.74) is 1.46. The molecule has 16 heavy (non-hydrogen) atoms. The summed E-state index contributed by atoms with van der Waals surface area (Å²) in [6.45, 7) is 0. The third-order valence-corrected chi connectivity index (χ3v) is 2.70. The molecule has 0 amide bonds. The fourth-order valence-corrected chi connectivity index (χ4v) is 1.76. The van der Waals surface area contributed by atoms with E-state index in [2.05, 4.69) is 0 Å². The van der Waals surface area contributed by atoms with Gasteiger partial charge in [0.1, 0.15) is 11.5 Å². The molecule has 0 aliphatic rings. The minimum Gasteiger partial charge on any atom is -0.507 e. The van der Waals surface area contributed by atoms with Crippen LogP contribution >= 0.6 is 11.6 Å². The Labute approximate surface area is 99.1 Å². The number of halogens is 1. The molecular formula is C13H11ClO2. The number of aromatic hydroxyl groups is 1. The molecule has 0 saturated heterocycles. The first kappa shape index (κ1) is 10.8. The van der Waals surface area contributed by atoms with Crippen LogP contribution in [0.15, 0.2) is 42.5 Å². The topological polar surface area (TPSA) is 29.5 Å². The zero-order valence-electron chi connectivity index (χ0n) is 8.77. The van der Waals surface area contributed by atoms with E-state index < -0.39 is 0 Å². The van der Waals surface area contributed by atoms with Gasteiger partial charge in [-0.25, -0.2) is 0 Å². The lowest BCUT2D eigenvalue weighted by Gasteiger charge is -2.08. The Kier molecular flexibility index (Phi) is 3.02. The zero-order valence-corrected chi connectivity index (χ0v) is 9.53. The van der Waals surface area contributed by atoms with Gasteiger partial charge < -0.3 is 9.84 Å². The summed E-state index contributed by atoms with van der Waals surface area (Å²) in [5.74, 6) is 0.917. The fourth-order valence-electron chi connectivity index (χ4n) is 1.54. The summed E-state index contributed by atoms with van der Waals surface area (Å²) in [4.78, 5) is 0. The third-order valence-electron chi connectivity index (χ3n) is 2.37. The summed E-state index contributed by atoms with van der Waals surface area (Å²) in [7, 11) is 1.60. The van der Waals surface area contributed by atoms with Gasteiger partial charge in [-0.2, -0.15) is 0 Å². The molecule has 1 N–H and O–H groups in total. The van der Waals surface area contributed by atoms with Gasteiger partial charge in [0.2, 0.25) is 0 Å². The van der Waals surface area contributed by atoms with Gasteiger partial charge in [-0.15, -0.1) is 0 Å². The zero-order chi connectivity index (χ0) is 11.5. The van der Waals surface area contributed by atoms with Crippen LogP contribution in [0.25, 0.3) is 11.1 Å². The van der Waals surface area contributed by atoms with Crippen molar-refractivity contribution in [2.45, 2.75) is 0 Å². The van der Waals surface area contributed by atoms with Crippen molar-refractivity contribution in [3.63, 3.8) is 0 Å². The maximum atomic E-state index is 9.75. The quantitative estimate of drug-likeness (QED) is 0.858. The van der Waals surface area contributed by atoms with Gasteiger partial charge in [0, 0.05) is 16.1 Å². The average Bonchev–Trinajstić information content (AvgIpc) is 2.31. The normalized spacial score (nSPS) is 10.1. The van der Waals surface area contributed by atoms with Crippen molar-refractivity contribution in [1.29, 1.82) is 0 Å². The molecular weight excluding hydrogens is 224 g/mol. The van der Waals surface area contributed by atoms with Crippen LogP contribution in [0.3, 0.4) is 0 Å². The lowest BCUT2D eigenvalue weighted by atomic mass is 10.0. The van der Waals surface area contributed by atoms with E-state index in [1.165, 1.54) is 0 Å². The number of phenols is 1. The van der Waals surface area contributed by atoms with Crippen LogP contribution < -0.4 is 4.74 Å². The second-order valence-corrected chi connectivity index (χ2v) is 3.77. The molecule has 0 aromatic heterocycles. The van der Waals surface area contributed by atoms with Gasteiger partial charge in [-0.05, 0) is 24.3 Å². The molecule has 2 rings (SSSR count). The Balaban J connectivity index is 2.59. The second kappa shape index (κ2) is 4.45. The van der Waals surface area contributed by atoms with E-state index in [0.29, 0.717) is 16.3 Å². The monoisotopic (exact) mass is 234 g/mol. The molecule has 0 heterocycles. The Bertz CT molecular complexity index is 509. The first-order valence-electron chi connectivity index (χ1n) is 4.84. The summed E-state index contributed by atoms with van der Waals surface area (Å²) in [5, 5.41) is 10.3. The van der Waals surface area contributed by atoms with Crippen LogP contribution in [-0.4, -0.2) is 12.2 Å². The van der Waals surface area contributed by atoms with Crippen molar-refractivity contribution in [1.82, 2.24) is 0 Å². The molecule has 3 heteroatoms. The van der Waals surface area contributed by atoms with Crippen molar-refractivity contribution in [3.05, 3.63) is 47.5 Å². The molecule has 0 spiro atoms. The van der Waals surface area contributed by atoms with Gasteiger partial charge in [-0.1, -0.05) is 29.8 Å². The highest BCUT2D eigenvalue weighted by Gasteiger charge is 2.08. The molecule has 0 aliphatic heterocycles. The fraction of sp³-hybridized carbons (Fsp3) is 0.0769. The number of hydrogen-bond donors (Lipinski definition) is 1. The van der Waals surface area contributed by atoms with Crippen molar-refractivity contribution >= 4 is 11.6 Å². The van der Waals surface area contributed by atoms with E-state index in [0.717, 1.165) is 5.56 Å². The van der Waals surface area contributed by atoms with Gasteiger partial charge in [0.15, 0.2) is 0 Å². The molecule has 0 saturated carbocycles. The molecule has 0 radical (unpaired) electrons. The van der Waals surface area contributed by atoms with Crippen LogP contribution in [0.5, 0.6) is 11.5 Å². The maximum Gasteiger partial charge on any atom is 0.123 e. The Morgan fingerprint density at radius 2 is 1.81 bits per heavy atom. The van der Waals surface area contributed by atoms with E-state index in [1.54, 1.807) is 37.4 Å².